The van der Waals surface area contributed by atoms with Crippen molar-refractivity contribution in [2.24, 2.45) is 0 Å². The molecule has 1 aliphatic rings. The maximum atomic E-state index is 15.4. The number of esters is 1. The molecule has 1 aromatic carbocycles. The van der Waals surface area contributed by atoms with Gasteiger partial charge in [0.25, 0.3) is 0 Å². The molecular formula is C25H34FN6O7P. The molecule has 3 heterocycles. The van der Waals surface area contributed by atoms with Gasteiger partial charge in [0.2, 0.25) is 0 Å². The zero-order valence-electron chi connectivity index (χ0n) is 23.1. The molecule has 0 aliphatic carbocycles. The monoisotopic (exact) mass is 580 g/mol. The fourth-order valence-corrected chi connectivity index (χ4v) is 5.58. The van der Waals surface area contributed by atoms with Crippen LogP contribution < -0.4 is 14.5 Å². The van der Waals surface area contributed by atoms with E-state index in [1.54, 1.807) is 70.1 Å². The van der Waals surface area contributed by atoms with Crippen molar-refractivity contribution in [2.45, 2.75) is 64.4 Å². The lowest BCUT2D eigenvalue weighted by Crippen LogP contribution is -2.37. The van der Waals surface area contributed by atoms with Crippen molar-refractivity contribution in [3.05, 3.63) is 42.5 Å². The summed E-state index contributed by atoms with van der Waals surface area (Å²) in [6.07, 6.45) is -5.07. The van der Waals surface area contributed by atoms with Gasteiger partial charge in [0, 0.05) is 14.1 Å². The number of halogens is 1. The summed E-state index contributed by atoms with van der Waals surface area (Å²) >= 11 is 0. The largest absolute Gasteiger partial charge is 0.462 e. The Labute approximate surface area is 231 Å². The number of alkyl halides is 1. The first-order chi connectivity index (χ1) is 18.9. The highest BCUT2D eigenvalue weighted by atomic mass is 31.2. The zero-order chi connectivity index (χ0) is 29.2. The van der Waals surface area contributed by atoms with Gasteiger partial charge in [0.1, 0.15) is 29.8 Å². The van der Waals surface area contributed by atoms with Crippen molar-refractivity contribution in [3.8, 4) is 5.75 Å². The summed E-state index contributed by atoms with van der Waals surface area (Å²) in [4.78, 5) is 27.2. The molecule has 0 spiro atoms. The number of aliphatic hydroxyl groups excluding tert-OH is 1. The standard InChI is InChI=1S/C25H34FN6O7P/c1-14(2)37-25(34)15(3)30-40(35,39-17-10-8-7-9-11-17)36-12-18-21(33)19(26)24(38-18)32-13-27-20-22(31(5)6)28-16(4)29-23(20)32/h7-11,13-15,18-19,21,24,33H,12H2,1-6H3,(H,30,35)/t15-,18-,19-,21-,24-,40-/m1/s1. The van der Waals surface area contributed by atoms with Crippen LogP contribution in [0.3, 0.4) is 0 Å². The third-order valence-electron chi connectivity index (χ3n) is 5.94. The van der Waals surface area contributed by atoms with Gasteiger partial charge < -0.3 is 24.0 Å². The normalized spacial score (nSPS) is 23.2. The number of anilines is 1. The van der Waals surface area contributed by atoms with Gasteiger partial charge >= 0.3 is 13.7 Å². The number of aromatic nitrogens is 4. The van der Waals surface area contributed by atoms with Crippen LogP contribution in [0, 0.1) is 6.92 Å². The molecule has 0 radical (unpaired) electrons. The Morgan fingerprint density at radius 1 is 1.25 bits per heavy atom. The van der Waals surface area contributed by atoms with E-state index in [1.807, 2.05) is 0 Å². The highest BCUT2D eigenvalue weighted by molar-refractivity contribution is 7.52. The maximum absolute atomic E-state index is 15.4. The Bertz CT molecular complexity index is 1370. The third kappa shape index (κ3) is 6.58. The summed E-state index contributed by atoms with van der Waals surface area (Å²) in [6, 6.07) is 7.12. The second-order valence-electron chi connectivity index (χ2n) is 9.85. The first-order valence-corrected chi connectivity index (χ1v) is 14.3. The summed E-state index contributed by atoms with van der Waals surface area (Å²) in [5.41, 5.74) is 0.766. The topological polar surface area (TPSA) is 150 Å². The number of ether oxygens (including phenoxy) is 2. The van der Waals surface area contributed by atoms with Crippen LogP contribution in [0.25, 0.3) is 11.2 Å². The van der Waals surface area contributed by atoms with Gasteiger partial charge in [-0.3, -0.25) is 13.9 Å². The average molecular weight is 581 g/mol. The summed E-state index contributed by atoms with van der Waals surface area (Å²) in [5, 5.41) is 13.2. The number of carbonyl (C=O) groups excluding carboxylic acids is 1. The van der Waals surface area contributed by atoms with E-state index >= 15 is 4.39 Å². The molecule has 1 aliphatic heterocycles. The minimum atomic E-state index is -4.25. The van der Waals surface area contributed by atoms with Crippen LogP contribution in [0.5, 0.6) is 5.75 Å². The van der Waals surface area contributed by atoms with Gasteiger partial charge in [-0.05, 0) is 39.8 Å². The number of imidazole rings is 1. The van der Waals surface area contributed by atoms with Crippen LogP contribution in [-0.2, 0) is 23.4 Å². The van der Waals surface area contributed by atoms with Gasteiger partial charge in [-0.25, -0.2) is 23.9 Å². The lowest BCUT2D eigenvalue weighted by molar-refractivity contribution is -0.149. The van der Waals surface area contributed by atoms with Crippen LogP contribution >= 0.6 is 7.75 Å². The second kappa shape index (κ2) is 12.1. The van der Waals surface area contributed by atoms with E-state index in [4.69, 9.17) is 18.5 Å². The molecule has 218 valence electrons. The highest BCUT2D eigenvalue weighted by Crippen LogP contribution is 2.46. The second-order valence-corrected chi connectivity index (χ2v) is 11.5. The lowest BCUT2D eigenvalue weighted by atomic mass is 10.1. The van der Waals surface area contributed by atoms with Gasteiger partial charge in [0.05, 0.1) is 19.0 Å². The molecule has 3 aromatic rings. The van der Waals surface area contributed by atoms with Crippen LogP contribution in [0.4, 0.5) is 10.2 Å². The van der Waals surface area contributed by atoms with Crippen molar-refractivity contribution < 1.29 is 37.4 Å². The molecule has 13 nitrogen and oxygen atoms in total. The van der Waals surface area contributed by atoms with E-state index in [0.717, 1.165) is 0 Å². The number of nitrogens with one attached hydrogen (secondary N) is 1. The van der Waals surface area contributed by atoms with E-state index in [1.165, 1.54) is 17.8 Å². The van der Waals surface area contributed by atoms with Gasteiger partial charge in [-0.15, -0.1) is 0 Å². The lowest BCUT2D eigenvalue weighted by Gasteiger charge is -2.25. The smallest absolute Gasteiger partial charge is 0.459 e. The summed E-state index contributed by atoms with van der Waals surface area (Å²) in [5.74, 6) is 0.527. The molecular weight excluding hydrogens is 546 g/mol. The number of benzene rings is 1. The summed E-state index contributed by atoms with van der Waals surface area (Å²) < 4.78 is 52.7. The van der Waals surface area contributed by atoms with Crippen LogP contribution in [0.2, 0.25) is 0 Å². The summed E-state index contributed by atoms with van der Waals surface area (Å²) in [7, 11) is -0.646. The fraction of sp³-hybridized carbons (Fsp3) is 0.520. The molecule has 4 rings (SSSR count). The quantitative estimate of drug-likeness (QED) is 0.254. The van der Waals surface area contributed by atoms with Gasteiger partial charge in [-0.2, -0.15) is 5.09 Å². The van der Waals surface area contributed by atoms with Crippen LogP contribution in [0.15, 0.2) is 36.7 Å². The van der Waals surface area contributed by atoms with Crippen molar-refractivity contribution in [3.63, 3.8) is 0 Å². The first-order valence-electron chi connectivity index (χ1n) is 12.7. The number of rotatable bonds is 11. The van der Waals surface area contributed by atoms with Gasteiger partial charge in [0.15, 0.2) is 29.4 Å². The molecule has 40 heavy (non-hydrogen) atoms. The number of aliphatic hydroxyl groups is 1. The van der Waals surface area contributed by atoms with Crippen LogP contribution in [-0.4, -0.2) is 81.8 Å². The van der Waals surface area contributed by atoms with Crippen molar-refractivity contribution >= 4 is 30.7 Å². The molecule has 0 saturated carbocycles. The minimum absolute atomic E-state index is 0.202. The van der Waals surface area contributed by atoms with E-state index < -0.39 is 57.1 Å². The predicted octanol–water partition coefficient (Wildman–Crippen LogP) is 2.93. The Kier molecular flexibility index (Phi) is 9.06. The number of hydrogen-bond donors (Lipinski definition) is 2. The third-order valence-corrected chi connectivity index (χ3v) is 7.58. The van der Waals surface area contributed by atoms with Crippen molar-refractivity contribution in [1.29, 1.82) is 0 Å². The number of carbonyl (C=O) groups is 1. The van der Waals surface area contributed by atoms with Crippen LogP contribution in [0.1, 0.15) is 32.8 Å². The molecule has 0 amide bonds. The summed E-state index contributed by atoms with van der Waals surface area (Å²) in [6.45, 7) is 5.99. The number of para-hydroxylation sites is 1. The molecule has 1 fully saturated rings. The Balaban J connectivity index is 1.53. The fourth-order valence-electron chi connectivity index (χ4n) is 4.08. The molecule has 2 N–H and O–H groups in total. The number of nitrogens with zero attached hydrogens (tertiary/aromatic N) is 5. The first kappa shape index (κ1) is 29.8. The Morgan fingerprint density at radius 2 is 1.95 bits per heavy atom. The number of fused-ring (bicyclic) bond motifs is 1. The van der Waals surface area contributed by atoms with Crippen molar-refractivity contribution in [2.75, 3.05) is 25.6 Å². The van der Waals surface area contributed by atoms with E-state index in [2.05, 4.69) is 20.0 Å². The molecule has 6 atom stereocenters. The Morgan fingerprint density at radius 3 is 2.60 bits per heavy atom. The predicted molar refractivity (Wildman–Crippen MR) is 144 cm³/mol. The highest BCUT2D eigenvalue weighted by Gasteiger charge is 2.47. The molecule has 0 unspecified atom stereocenters. The van der Waals surface area contributed by atoms with E-state index in [-0.39, 0.29) is 5.75 Å². The van der Waals surface area contributed by atoms with Gasteiger partial charge in [-0.1, -0.05) is 18.2 Å². The van der Waals surface area contributed by atoms with Crippen molar-refractivity contribution in [1.82, 2.24) is 24.6 Å². The zero-order valence-corrected chi connectivity index (χ0v) is 24.0. The molecule has 0 bridgehead atoms. The molecule has 15 heteroatoms. The van der Waals surface area contributed by atoms with E-state index in [9.17, 15) is 14.5 Å². The minimum Gasteiger partial charge on any atom is -0.462 e. The number of aryl methyl sites for hydroxylation is 1. The average Bonchev–Trinajstić information content (AvgIpc) is 3.42. The molecule has 2 aromatic heterocycles. The number of hydrogen-bond acceptors (Lipinski definition) is 11. The van der Waals surface area contributed by atoms with E-state index in [0.29, 0.717) is 22.8 Å². The Hall–Kier alpha value is -3.16. The maximum Gasteiger partial charge on any atom is 0.459 e. The molecule has 1 saturated heterocycles. The SMILES string of the molecule is Cc1nc(N(C)C)c2ncn([C@@H]3O[C@H](CO[P@](=O)(N[C@H](C)C(=O)OC(C)C)Oc4ccccc4)[C@@H](O)[C@H]3F)c2n1.